The summed E-state index contributed by atoms with van der Waals surface area (Å²) < 4.78 is 5.21. The van der Waals surface area contributed by atoms with Gasteiger partial charge in [0, 0.05) is 5.56 Å². The molecule has 0 aliphatic heterocycles. The number of ether oxygens (including phenoxy) is 1. The number of hydrogen-bond acceptors (Lipinski definition) is 2. The van der Waals surface area contributed by atoms with Crippen LogP contribution in [-0.2, 0) is 6.42 Å². The summed E-state index contributed by atoms with van der Waals surface area (Å²) in [6.07, 6.45) is 0.769. The quantitative estimate of drug-likeness (QED) is 0.721. The zero-order chi connectivity index (χ0) is 10.3. The molecular formula is C11H11BrO2. The van der Waals surface area contributed by atoms with E-state index in [0.717, 1.165) is 28.9 Å². The van der Waals surface area contributed by atoms with Crippen molar-refractivity contribution in [3.05, 3.63) is 28.8 Å². The number of carbonyl (C=O) groups excluding carboxylic acids is 1. The highest BCUT2D eigenvalue weighted by molar-refractivity contribution is 9.10. The Hall–Kier alpha value is -0.830. The van der Waals surface area contributed by atoms with E-state index in [4.69, 9.17) is 4.74 Å². The summed E-state index contributed by atoms with van der Waals surface area (Å²) in [5, 5.41) is 0. The zero-order valence-corrected chi connectivity index (χ0v) is 9.72. The number of carbonyl (C=O) groups is 1. The number of Topliss-reactive ketones (excluding diaryl/α,β-unsaturated/α-hetero) is 1. The van der Waals surface area contributed by atoms with Crippen LogP contribution in [0.2, 0.25) is 0 Å². The Labute approximate surface area is 91.4 Å². The number of rotatable bonds is 1. The summed E-state index contributed by atoms with van der Waals surface area (Å²) in [6.45, 7) is 1.95. The average molecular weight is 255 g/mol. The van der Waals surface area contributed by atoms with E-state index in [-0.39, 0.29) is 10.6 Å². The highest BCUT2D eigenvalue weighted by Gasteiger charge is 2.29. The maximum Gasteiger partial charge on any atom is 0.177 e. The molecule has 0 amide bonds. The summed E-state index contributed by atoms with van der Waals surface area (Å²) in [7, 11) is 1.65. The zero-order valence-electron chi connectivity index (χ0n) is 8.13. The van der Waals surface area contributed by atoms with Crippen molar-refractivity contribution in [2.75, 3.05) is 7.11 Å². The predicted molar refractivity (Wildman–Crippen MR) is 58.5 cm³/mol. The molecule has 2 nitrogen and oxygen atoms in total. The molecule has 14 heavy (non-hydrogen) atoms. The van der Waals surface area contributed by atoms with Crippen molar-refractivity contribution < 1.29 is 9.53 Å². The maximum atomic E-state index is 11.7. The SMILES string of the molecule is COc1cc2c(cc1C)C(=O)C(Br)C2. The van der Waals surface area contributed by atoms with Crippen molar-refractivity contribution in [1.82, 2.24) is 0 Å². The molecule has 3 heteroatoms. The Morgan fingerprint density at radius 1 is 1.50 bits per heavy atom. The Morgan fingerprint density at radius 2 is 2.21 bits per heavy atom. The average Bonchev–Trinajstić information content (AvgIpc) is 2.43. The topological polar surface area (TPSA) is 26.3 Å². The van der Waals surface area contributed by atoms with E-state index in [1.807, 2.05) is 19.1 Å². The van der Waals surface area contributed by atoms with E-state index < -0.39 is 0 Å². The summed E-state index contributed by atoms with van der Waals surface area (Å²) in [4.78, 5) is 11.6. The third kappa shape index (κ3) is 1.36. The van der Waals surface area contributed by atoms with Crippen molar-refractivity contribution in [2.24, 2.45) is 0 Å². The molecule has 0 spiro atoms. The number of aryl methyl sites for hydroxylation is 1. The molecule has 1 aromatic carbocycles. The van der Waals surface area contributed by atoms with Gasteiger partial charge in [-0.15, -0.1) is 0 Å². The summed E-state index contributed by atoms with van der Waals surface area (Å²) in [6, 6.07) is 3.88. The Kier molecular flexibility index (Phi) is 2.35. The number of methoxy groups -OCH3 is 1. The molecule has 1 aliphatic carbocycles. The largest absolute Gasteiger partial charge is 0.496 e. The van der Waals surface area contributed by atoms with Crippen LogP contribution in [0.3, 0.4) is 0 Å². The first-order valence-electron chi connectivity index (χ1n) is 4.49. The lowest BCUT2D eigenvalue weighted by atomic mass is 10.1. The molecule has 0 N–H and O–H groups in total. The van der Waals surface area contributed by atoms with Gasteiger partial charge in [-0.3, -0.25) is 4.79 Å². The second kappa shape index (κ2) is 3.39. The van der Waals surface area contributed by atoms with E-state index >= 15 is 0 Å². The van der Waals surface area contributed by atoms with Gasteiger partial charge in [0.15, 0.2) is 5.78 Å². The maximum absolute atomic E-state index is 11.7. The minimum atomic E-state index is -0.0518. The lowest BCUT2D eigenvalue weighted by Gasteiger charge is -2.06. The molecular weight excluding hydrogens is 244 g/mol. The molecule has 0 heterocycles. The molecule has 0 radical (unpaired) electrons. The Morgan fingerprint density at radius 3 is 2.86 bits per heavy atom. The summed E-state index contributed by atoms with van der Waals surface area (Å²) in [5.41, 5.74) is 2.94. The number of hydrogen-bond donors (Lipinski definition) is 0. The third-order valence-electron chi connectivity index (χ3n) is 2.57. The molecule has 0 saturated carbocycles. The number of alkyl halides is 1. The Bertz CT molecular complexity index is 399. The van der Waals surface area contributed by atoms with Crippen LogP contribution in [0, 0.1) is 6.92 Å². The second-order valence-corrected chi connectivity index (χ2v) is 4.62. The van der Waals surface area contributed by atoms with Crippen molar-refractivity contribution in [1.29, 1.82) is 0 Å². The van der Waals surface area contributed by atoms with E-state index in [1.165, 1.54) is 0 Å². The summed E-state index contributed by atoms with van der Waals surface area (Å²) in [5.74, 6) is 1.05. The number of fused-ring (bicyclic) bond motifs is 1. The number of benzene rings is 1. The van der Waals surface area contributed by atoms with Gasteiger partial charge in [-0.05, 0) is 36.6 Å². The molecule has 0 aromatic heterocycles. The normalized spacial score (nSPS) is 19.6. The van der Waals surface area contributed by atoms with Gasteiger partial charge in [0.05, 0.1) is 11.9 Å². The smallest absolute Gasteiger partial charge is 0.177 e. The molecule has 0 fully saturated rings. The van der Waals surface area contributed by atoms with Crippen LogP contribution in [0.5, 0.6) is 5.75 Å². The molecule has 2 rings (SSSR count). The fourth-order valence-electron chi connectivity index (χ4n) is 1.80. The number of halogens is 1. The van der Waals surface area contributed by atoms with Gasteiger partial charge < -0.3 is 4.74 Å². The van der Waals surface area contributed by atoms with E-state index in [0.29, 0.717) is 0 Å². The van der Waals surface area contributed by atoms with Gasteiger partial charge in [-0.2, -0.15) is 0 Å². The minimum absolute atomic E-state index is 0.0518. The van der Waals surface area contributed by atoms with Crippen LogP contribution in [0.4, 0.5) is 0 Å². The van der Waals surface area contributed by atoms with Crippen molar-refractivity contribution >= 4 is 21.7 Å². The van der Waals surface area contributed by atoms with Gasteiger partial charge in [0.2, 0.25) is 0 Å². The highest BCUT2D eigenvalue weighted by Crippen LogP contribution is 2.32. The van der Waals surface area contributed by atoms with Crippen molar-refractivity contribution in [3.8, 4) is 5.75 Å². The van der Waals surface area contributed by atoms with E-state index in [2.05, 4.69) is 15.9 Å². The third-order valence-corrected chi connectivity index (χ3v) is 3.31. The van der Waals surface area contributed by atoms with Gasteiger partial charge in [0.1, 0.15) is 5.75 Å². The lowest BCUT2D eigenvalue weighted by Crippen LogP contribution is -2.06. The van der Waals surface area contributed by atoms with Gasteiger partial charge >= 0.3 is 0 Å². The molecule has 0 bridgehead atoms. The van der Waals surface area contributed by atoms with Crippen molar-refractivity contribution in [3.63, 3.8) is 0 Å². The monoisotopic (exact) mass is 254 g/mol. The minimum Gasteiger partial charge on any atom is -0.496 e. The van der Waals surface area contributed by atoms with Crippen LogP contribution in [0.1, 0.15) is 21.5 Å². The van der Waals surface area contributed by atoms with Crippen LogP contribution in [-0.4, -0.2) is 17.7 Å². The second-order valence-electron chi connectivity index (χ2n) is 3.51. The molecule has 1 aromatic rings. The van der Waals surface area contributed by atoms with Crippen LogP contribution >= 0.6 is 15.9 Å². The van der Waals surface area contributed by atoms with E-state index in [1.54, 1.807) is 7.11 Å². The van der Waals surface area contributed by atoms with Crippen molar-refractivity contribution in [2.45, 2.75) is 18.2 Å². The molecule has 0 saturated heterocycles. The lowest BCUT2D eigenvalue weighted by molar-refractivity contribution is 0.100. The highest BCUT2D eigenvalue weighted by atomic mass is 79.9. The molecule has 1 unspecified atom stereocenters. The predicted octanol–water partition coefficient (Wildman–Crippen LogP) is 2.51. The first kappa shape index (κ1) is 9.71. The first-order valence-corrected chi connectivity index (χ1v) is 5.41. The van der Waals surface area contributed by atoms with Gasteiger partial charge in [-0.25, -0.2) is 0 Å². The molecule has 74 valence electrons. The standard InChI is InChI=1S/C11H11BrO2/c1-6-3-8-7(5-10(6)14-2)4-9(12)11(8)13/h3,5,9H,4H2,1-2H3. The molecule has 1 atom stereocenters. The van der Waals surface area contributed by atoms with E-state index in [9.17, 15) is 4.79 Å². The van der Waals surface area contributed by atoms with Crippen LogP contribution < -0.4 is 4.74 Å². The number of ketones is 1. The fourth-order valence-corrected chi connectivity index (χ4v) is 2.40. The van der Waals surface area contributed by atoms with Gasteiger partial charge in [-0.1, -0.05) is 15.9 Å². The first-order chi connectivity index (χ1) is 6.63. The fraction of sp³-hybridized carbons (Fsp3) is 0.364. The summed E-state index contributed by atoms with van der Waals surface area (Å²) >= 11 is 3.37. The van der Waals surface area contributed by atoms with Crippen LogP contribution in [0.25, 0.3) is 0 Å². The molecule has 1 aliphatic rings. The van der Waals surface area contributed by atoms with Gasteiger partial charge in [0.25, 0.3) is 0 Å². The Balaban J connectivity index is 2.54. The van der Waals surface area contributed by atoms with Crippen LogP contribution in [0.15, 0.2) is 12.1 Å².